The van der Waals surface area contributed by atoms with Gasteiger partial charge in [-0.15, -0.1) is 0 Å². The Bertz CT molecular complexity index is 667. The van der Waals surface area contributed by atoms with E-state index in [1.54, 1.807) is 0 Å². The summed E-state index contributed by atoms with van der Waals surface area (Å²) in [5.41, 5.74) is 6.44. The monoisotopic (exact) mass is 278 g/mol. The van der Waals surface area contributed by atoms with Crippen molar-refractivity contribution in [1.29, 1.82) is 0 Å². The third-order valence-corrected chi connectivity index (χ3v) is 4.09. The van der Waals surface area contributed by atoms with Crippen LogP contribution in [0.5, 0.6) is 0 Å². The van der Waals surface area contributed by atoms with E-state index in [1.807, 2.05) is 0 Å². The summed E-state index contributed by atoms with van der Waals surface area (Å²) in [6.45, 7) is 8.71. The minimum Gasteiger partial charge on any atom is -0.326 e. The topological polar surface area (TPSA) is 6.48 Å². The van der Waals surface area contributed by atoms with E-state index in [0.717, 1.165) is 0 Å². The molecule has 21 heavy (non-hydrogen) atoms. The summed E-state index contributed by atoms with van der Waals surface area (Å²) >= 11 is 0. The Morgan fingerprint density at radius 1 is 0.810 bits per heavy atom. The third kappa shape index (κ3) is 2.54. The molecule has 0 spiro atoms. The van der Waals surface area contributed by atoms with Crippen molar-refractivity contribution in [2.24, 2.45) is 0 Å². The number of para-hydroxylation sites is 1. The van der Waals surface area contributed by atoms with Crippen LogP contribution >= 0.6 is 0 Å². The molecule has 3 rings (SSSR count). The minimum atomic E-state index is 0.285. The van der Waals surface area contributed by atoms with Gasteiger partial charge < -0.3 is 9.80 Å². The van der Waals surface area contributed by atoms with E-state index in [9.17, 15) is 0 Å². The van der Waals surface area contributed by atoms with Crippen molar-refractivity contribution >= 4 is 11.4 Å². The molecule has 0 aromatic heterocycles. The fraction of sp³-hybridized carbons (Fsp3) is 0.263. The molecule has 0 saturated heterocycles. The van der Waals surface area contributed by atoms with Gasteiger partial charge in [0.15, 0.2) is 0 Å². The fourth-order valence-corrected chi connectivity index (χ4v) is 3.06. The van der Waals surface area contributed by atoms with Crippen LogP contribution in [0.2, 0.25) is 0 Å². The maximum Gasteiger partial charge on any atom is 0.107 e. The number of hydrogen-bond donors (Lipinski definition) is 0. The van der Waals surface area contributed by atoms with Crippen molar-refractivity contribution in [1.82, 2.24) is 0 Å². The lowest BCUT2D eigenvalue weighted by Gasteiger charge is -2.31. The van der Waals surface area contributed by atoms with Crippen LogP contribution in [0.4, 0.5) is 11.4 Å². The predicted octanol–water partition coefficient (Wildman–Crippen LogP) is 4.76. The highest BCUT2D eigenvalue weighted by Gasteiger charge is 2.25. The molecule has 0 saturated carbocycles. The zero-order valence-electron chi connectivity index (χ0n) is 13.2. The standard InChI is InChI=1S/C19H22N2/c1-14-11-15(2)13-18(12-14)20-9-10-21(17(20)4)19-8-6-5-7-16(19)3/h5-13,17H,1-4H3. The zero-order chi connectivity index (χ0) is 15.0. The second-order valence-electron chi connectivity index (χ2n) is 5.88. The molecule has 2 aromatic rings. The summed E-state index contributed by atoms with van der Waals surface area (Å²) in [4.78, 5) is 4.65. The van der Waals surface area contributed by atoms with E-state index < -0.39 is 0 Å². The predicted molar refractivity (Wildman–Crippen MR) is 90.7 cm³/mol. The van der Waals surface area contributed by atoms with Crippen LogP contribution in [0.25, 0.3) is 0 Å². The molecular formula is C19H22N2. The van der Waals surface area contributed by atoms with Gasteiger partial charge in [-0.05, 0) is 62.6 Å². The van der Waals surface area contributed by atoms with E-state index in [2.05, 4.69) is 92.4 Å². The lowest BCUT2D eigenvalue weighted by molar-refractivity contribution is 0.748. The van der Waals surface area contributed by atoms with Gasteiger partial charge in [-0.25, -0.2) is 0 Å². The summed E-state index contributed by atoms with van der Waals surface area (Å²) in [5, 5.41) is 0. The van der Waals surface area contributed by atoms with E-state index in [-0.39, 0.29) is 6.17 Å². The molecule has 0 aliphatic carbocycles. The average molecular weight is 278 g/mol. The van der Waals surface area contributed by atoms with E-state index in [1.165, 1.54) is 28.1 Å². The third-order valence-electron chi connectivity index (χ3n) is 4.09. The number of nitrogens with zero attached hydrogens (tertiary/aromatic N) is 2. The van der Waals surface area contributed by atoms with Crippen LogP contribution in [-0.2, 0) is 0 Å². The highest BCUT2D eigenvalue weighted by molar-refractivity contribution is 5.64. The number of anilines is 2. The van der Waals surface area contributed by atoms with Crippen molar-refractivity contribution < 1.29 is 0 Å². The van der Waals surface area contributed by atoms with Crippen molar-refractivity contribution in [3.05, 3.63) is 71.6 Å². The van der Waals surface area contributed by atoms with E-state index >= 15 is 0 Å². The molecule has 0 amide bonds. The first-order valence-corrected chi connectivity index (χ1v) is 7.45. The molecule has 2 heteroatoms. The Labute approximate surface area is 127 Å². The lowest BCUT2D eigenvalue weighted by atomic mass is 10.1. The van der Waals surface area contributed by atoms with Crippen LogP contribution in [0, 0.1) is 20.8 Å². The van der Waals surface area contributed by atoms with Gasteiger partial charge in [0.25, 0.3) is 0 Å². The van der Waals surface area contributed by atoms with Gasteiger partial charge in [-0.2, -0.15) is 0 Å². The molecule has 0 N–H and O–H groups in total. The van der Waals surface area contributed by atoms with Crippen molar-refractivity contribution in [3.8, 4) is 0 Å². The van der Waals surface area contributed by atoms with Crippen LogP contribution in [0.3, 0.4) is 0 Å². The number of hydrogen-bond acceptors (Lipinski definition) is 2. The maximum atomic E-state index is 2.33. The van der Waals surface area contributed by atoms with Gasteiger partial charge in [-0.3, -0.25) is 0 Å². The number of rotatable bonds is 2. The Kier molecular flexibility index (Phi) is 3.46. The summed E-state index contributed by atoms with van der Waals surface area (Å²) in [5.74, 6) is 0. The summed E-state index contributed by atoms with van der Waals surface area (Å²) in [6.07, 6.45) is 4.63. The van der Waals surface area contributed by atoms with Gasteiger partial charge in [0.2, 0.25) is 0 Å². The molecule has 2 aromatic carbocycles. The average Bonchev–Trinajstić information content (AvgIpc) is 2.80. The quantitative estimate of drug-likeness (QED) is 0.781. The first-order chi connectivity index (χ1) is 10.1. The molecule has 1 atom stereocenters. The van der Waals surface area contributed by atoms with Gasteiger partial charge in [0, 0.05) is 23.8 Å². The largest absolute Gasteiger partial charge is 0.326 e. The molecule has 1 unspecified atom stereocenters. The minimum absolute atomic E-state index is 0.285. The summed E-state index contributed by atoms with van der Waals surface area (Å²) in [7, 11) is 0. The van der Waals surface area contributed by atoms with Gasteiger partial charge in [0.05, 0.1) is 0 Å². The Morgan fingerprint density at radius 3 is 2.10 bits per heavy atom. The normalized spacial score (nSPS) is 17.6. The Morgan fingerprint density at radius 2 is 1.43 bits per heavy atom. The summed E-state index contributed by atoms with van der Waals surface area (Å²) in [6, 6.07) is 15.2. The molecule has 1 aliphatic heterocycles. The molecule has 0 radical (unpaired) electrons. The van der Waals surface area contributed by atoms with Gasteiger partial charge >= 0.3 is 0 Å². The second kappa shape index (κ2) is 5.28. The van der Waals surface area contributed by atoms with Gasteiger partial charge in [0.1, 0.15) is 6.17 Å². The molecule has 108 valence electrons. The molecular weight excluding hydrogens is 256 g/mol. The van der Waals surface area contributed by atoms with Crippen LogP contribution < -0.4 is 9.80 Å². The van der Waals surface area contributed by atoms with Crippen LogP contribution in [0.1, 0.15) is 23.6 Å². The van der Waals surface area contributed by atoms with Crippen molar-refractivity contribution in [3.63, 3.8) is 0 Å². The first kappa shape index (κ1) is 13.7. The molecule has 0 fully saturated rings. The highest BCUT2D eigenvalue weighted by Crippen LogP contribution is 2.31. The molecule has 2 nitrogen and oxygen atoms in total. The zero-order valence-corrected chi connectivity index (χ0v) is 13.2. The maximum absolute atomic E-state index is 2.33. The Hall–Kier alpha value is -2.22. The Balaban J connectivity index is 1.92. The number of aryl methyl sites for hydroxylation is 3. The lowest BCUT2D eigenvalue weighted by Crippen LogP contribution is -2.36. The molecule has 1 heterocycles. The summed E-state index contributed by atoms with van der Waals surface area (Å²) < 4.78 is 0. The highest BCUT2D eigenvalue weighted by atomic mass is 15.4. The van der Waals surface area contributed by atoms with Crippen LogP contribution in [0.15, 0.2) is 54.9 Å². The first-order valence-electron chi connectivity index (χ1n) is 7.45. The van der Waals surface area contributed by atoms with Gasteiger partial charge in [-0.1, -0.05) is 24.3 Å². The van der Waals surface area contributed by atoms with Crippen molar-refractivity contribution in [2.75, 3.05) is 9.80 Å². The smallest absolute Gasteiger partial charge is 0.107 e. The van der Waals surface area contributed by atoms with Crippen molar-refractivity contribution in [2.45, 2.75) is 33.9 Å². The van der Waals surface area contributed by atoms with Crippen LogP contribution in [-0.4, -0.2) is 6.17 Å². The number of benzene rings is 2. The molecule has 1 aliphatic rings. The van der Waals surface area contributed by atoms with E-state index in [0.29, 0.717) is 0 Å². The fourth-order valence-electron chi connectivity index (χ4n) is 3.06. The van der Waals surface area contributed by atoms with E-state index in [4.69, 9.17) is 0 Å². The second-order valence-corrected chi connectivity index (χ2v) is 5.88. The molecule has 0 bridgehead atoms. The SMILES string of the molecule is Cc1cc(C)cc(N2C=CN(c3ccccc3C)C2C)c1.